The predicted octanol–water partition coefficient (Wildman–Crippen LogP) is 1.62. The largest absolute Gasteiger partial charge is 0.293 e. The molecular weight excluding hydrogens is 150 g/mol. The molecule has 0 aromatic rings. The molecule has 0 spiro atoms. The van der Waals surface area contributed by atoms with Gasteiger partial charge >= 0.3 is 0 Å². The minimum Gasteiger partial charge on any atom is -0.293 e. The molecular formula is C9H29N3. The van der Waals surface area contributed by atoms with Crippen LogP contribution < -0.4 is 16.0 Å². The summed E-state index contributed by atoms with van der Waals surface area (Å²) in [5.74, 6) is 0. The summed E-state index contributed by atoms with van der Waals surface area (Å²) in [6.45, 7) is 10.3. The fourth-order valence-electron chi connectivity index (χ4n) is 0.769. The van der Waals surface area contributed by atoms with Crippen molar-refractivity contribution in [1.29, 1.82) is 0 Å². The number of rotatable bonds is 6. The summed E-state index contributed by atoms with van der Waals surface area (Å²) in [5.41, 5.74) is 0. The minimum atomic E-state index is 0. The van der Waals surface area contributed by atoms with Gasteiger partial charge in [-0.3, -0.25) is 16.0 Å². The molecule has 1 unspecified atom stereocenters. The Labute approximate surface area is 80.3 Å². The standard InChI is InChI=1S/C7H19N3.C2H6.2H2/c1-4-6-10-7(8-3)9-5-2;1-2;;/h7-10H,4-6H2,1-3H3;1-2H3;2*1H. The molecule has 0 aliphatic heterocycles. The Bertz CT molecular complexity index is 75.1. The highest BCUT2D eigenvalue weighted by atomic mass is 15.3. The van der Waals surface area contributed by atoms with Crippen molar-refractivity contribution in [3.05, 3.63) is 0 Å². The molecule has 0 aromatic heterocycles. The number of hydrogen-bond acceptors (Lipinski definition) is 3. The summed E-state index contributed by atoms with van der Waals surface area (Å²) in [6, 6.07) is 0. The lowest BCUT2D eigenvalue weighted by Crippen LogP contribution is -2.51. The molecule has 0 amide bonds. The topological polar surface area (TPSA) is 36.1 Å². The zero-order valence-electron chi connectivity index (χ0n) is 9.20. The Morgan fingerprint density at radius 2 is 1.75 bits per heavy atom. The molecule has 80 valence electrons. The van der Waals surface area contributed by atoms with E-state index >= 15 is 0 Å². The molecule has 3 N–H and O–H groups in total. The maximum absolute atomic E-state index is 3.30. The Balaban J connectivity index is -0.000000117. The zero-order valence-corrected chi connectivity index (χ0v) is 9.20. The average molecular weight is 179 g/mol. The first-order chi connectivity index (χ1) is 5.85. The van der Waals surface area contributed by atoms with E-state index < -0.39 is 0 Å². The number of hydrogen-bond donors (Lipinski definition) is 3. The highest BCUT2D eigenvalue weighted by molar-refractivity contribution is 4.56. The average Bonchev–Trinajstić information content (AvgIpc) is 2.15. The summed E-state index contributed by atoms with van der Waals surface area (Å²) in [5, 5.41) is 9.66. The van der Waals surface area contributed by atoms with E-state index in [4.69, 9.17) is 0 Å². The fraction of sp³-hybridized carbons (Fsp3) is 1.00. The van der Waals surface area contributed by atoms with E-state index in [2.05, 4.69) is 29.8 Å². The van der Waals surface area contributed by atoms with Crippen molar-refractivity contribution in [2.45, 2.75) is 40.4 Å². The van der Waals surface area contributed by atoms with E-state index in [-0.39, 0.29) is 9.14 Å². The Morgan fingerprint density at radius 1 is 1.17 bits per heavy atom. The van der Waals surface area contributed by atoms with Gasteiger partial charge in [0, 0.05) is 2.85 Å². The quantitative estimate of drug-likeness (QED) is 0.542. The van der Waals surface area contributed by atoms with Crippen molar-refractivity contribution in [3.63, 3.8) is 0 Å². The van der Waals surface area contributed by atoms with Crippen molar-refractivity contribution in [2.75, 3.05) is 20.1 Å². The van der Waals surface area contributed by atoms with Gasteiger partial charge in [0.1, 0.15) is 6.29 Å². The molecule has 0 aliphatic rings. The van der Waals surface area contributed by atoms with Crippen LogP contribution in [-0.2, 0) is 0 Å². The second-order valence-electron chi connectivity index (χ2n) is 2.23. The molecule has 0 aromatic carbocycles. The van der Waals surface area contributed by atoms with Crippen LogP contribution in [0.2, 0.25) is 0 Å². The van der Waals surface area contributed by atoms with E-state index in [9.17, 15) is 0 Å². The highest BCUT2D eigenvalue weighted by Crippen LogP contribution is 1.72. The summed E-state index contributed by atoms with van der Waals surface area (Å²) in [6.07, 6.45) is 1.44. The number of nitrogens with one attached hydrogen (secondary N) is 3. The molecule has 0 aliphatic carbocycles. The third kappa shape index (κ3) is 9.88. The van der Waals surface area contributed by atoms with Crippen LogP contribution in [0.1, 0.15) is 37.0 Å². The van der Waals surface area contributed by atoms with E-state index in [0.717, 1.165) is 13.1 Å². The molecule has 0 saturated heterocycles. The minimum absolute atomic E-state index is 0. The molecule has 0 saturated carbocycles. The first-order valence-electron chi connectivity index (χ1n) is 4.99. The molecule has 3 nitrogen and oxygen atoms in total. The van der Waals surface area contributed by atoms with E-state index in [0.29, 0.717) is 0 Å². The lowest BCUT2D eigenvalue weighted by atomic mass is 10.5. The lowest BCUT2D eigenvalue weighted by molar-refractivity contribution is 0.386. The van der Waals surface area contributed by atoms with E-state index in [1.807, 2.05) is 20.9 Å². The highest BCUT2D eigenvalue weighted by Gasteiger charge is 1.98. The Hall–Kier alpha value is -0.120. The van der Waals surface area contributed by atoms with Crippen molar-refractivity contribution < 1.29 is 2.85 Å². The first-order valence-corrected chi connectivity index (χ1v) is 4.99. The van der Waals surface area contributed by atoms with Crippen LogP contribution in [0.5, 0.6) is 0 Å². The first kappa shape index (κ1) is 14.4. The van der Waals surface area contributed by atoms with Crippen molar-refractivity contribution in [1.82, 2.24) is 16.0 Å². The molecule has 0 bridgehead atoms. The van der Waals surface area contributed by atoms with Gasteiger partial charge in [-0.25, -0.2) is 0 Å². The van der Waals surface area contributed by atoms with Gasteiger partial charge in [-0.15, -0.1) is 0 Å². The van der Waals surface area contributed by atoms with Gasteiger partial charge in [0.05, 0.1) is 0 Å². The third-order valence-corrected chi connectivity index (χ3v) is 1.30. The molecule has 12 heavy (non-hydrogen) atoms. The summed E-state index contributed by atoms with van der Waals surface area (Å²) in [7, 11) is 1.94. The fourth-order valence-corrected chi connectivity index (χ4v) is 0.769. The van der Waals surface area contributed by atoms with Crippen LogP contribution in [-0.4, -0.2) is 26.4 Å². The molecule has 0 heterocycles. The SMILES string of the molecule is CC.CCCNC(NC)NCC.[HH].[HH]. The van der Waals surface area contributed by atoms with Crippen molar-refractivity contribution in [2.24, 2.45) is 0 Å². The molecule has 0 rings (SSSR count). The smallest absolute Gasteiger partial charge is 0.111 e. The Morgan fingerprint density at radius 3 is 2.08 bits per heavy atom. The van der Waals surface area contributed by atoms with Gasteiger partial charge in [0.25, 0.3) is 0 Å². The van der Waals surface area contributed by atoms with Crippen LogP contribution in [0.3, 0.4) is 0 Å². The van der Waals surface area contributed by atoms with E-state index in [1.54, 1.807) is 0 Å². The summed E-state index contributed by atoms with van der Waals surface area (Å²) in [4.78, 5) is 0. The third-order valence-electron chi connectivity index (χ3n) is 1.30. The normalized spacial score (nSPS) is 11.8. The van der Waals surface area contributed by atoms with Gasteiger partial charge in [0.2, 0.25) is 0 Å². The second-order valence-corrected chi connectivity index (χ2v) is 2.23. The van der Waals surface area contributed by atoms with Crippen molar-refractivity contribution in [3.8, 4) is 0 Å². The van der Waals surface area contributed by atoms with Crippen LogP contribution in [0, 0.1) is 0 Å². The molecule has 3 heteroatoms. The predicted molar refractivity (Wildman–Crippen MR) is 60.4 cm³/mol. The van der Waals surface area contributed by atoms with Crippen LogP contribution >= 0.6 is 0 Å². The van der Waals surface area contributed by atoms with E-state index in [1.165, 1.54) is 6.42 Å². The monoisotopic (exact) mass is 179 g/mol. The lowest BCUT2D eigenvalue weighted by Gasteiger charge is -2.17. The van der Waals surface area contributed by atoms with Gasteiger partial charge in [0.15, 0.2) is 0 Å². The van der Waals surface area contributed by atoms with Gasteiger partial charge in [-0.1, -0.05) is 27.7 Å². The summed E-state index contributed by atoms with van der Waals surface area (Å²) >= 11 is 0. The molecule has 0 fully saturated rings. The van der Waals surface area contributed by atoms with Crippen molar-refractivity contribution >= 4 is 0 Å². The maximum atomic E-state index is 3.30. The van der Waals surface area contributed by atoms with Gasteiger partial charge in [-0.05, 0) is 26.6 Å². The molecule has 0 radical (unpaired) electrons. The van der Waals surface area contributed by atoms with Gasteiger partial charge in [-0.2, -0.15) is 0 Å². The van der Waals surface area contributed by atoms with Gasteiger partial charge < -0.3 is 0 Å². The zero-order chi connectivity index (χ0) is 9.82. The molecule has 1 atom stereocenters. The van der Waals surface area contributed by atoms with Crippen LogP contribution in [0.4, 0.5) is 0 Å². The maximum Gasteiger partial charge on any atom is 0.111 e. The second kappa shape index (κ2) is 13.5. The summed E-state index contributed by atoms with van der Waals surface area (Å²) < 4.78 is 0. The van der Waals surface area contributed by atoms with Crippen LogP contribution in [0.15, 0.2) is 0 Å². The Kier molecular flexibility index (Phi) is 16.2. The van der Waals surface area contributed by atoms with Crippen LogP contribution in [0.25, 0.3) is 0 Å².